The van der Waals surface area contributed by atoms with E-state index >= 15 is 0 Å². The van der Waals surface area contributed by atoms with Crippen molar-refractivity contribution in [3.63, 3.8) is 0 Å². The van der Waals surface area contributed by atoms with E-state index in [2.05, 4.69) is 80.5 Å². The molecule has 1 aliphatic carbocycles. The van der Waals surface area contributed by atoms with E-state index in [0.29, 0.717) is 12.6 Å². The zero-order chi connectivity index (χ0) is 23.7. The van der Waals surface area contributed by atoms with Crippen LogP contribution in [0.2, 0.25) is 0 Å². The molecule has 178 valence electrons. The zero-order valence-corrected chi connectivity index (χ0v) is 20.9. The number of pyridine rings is 1. The molecule has 3 aromatic heterocycles. The van der Waals surface area contributed by atoms with Gasteiger partial charge in [-0.2, -0.15) is 0 Å². The van der Waals surface area contributed by atoms with Crippen LogP contribution < -0.4 is 5.56 Å². The molecule has 1 atom stereocenters. The third-order valence-corrected chi connectivity index (χ3v) is 7.88. The summed E-state index contributed by atoms with van der Waals surface area (Å²) in [5.74, 6) is 0.912. The van der Waals surface area contributed by atoms with Crippen LogP contribution in [0.5, 0.6) is 0 Å². The molecule has 8 heteroatoms. The lowest BCUT2D eigenvalue weighted by atomic mass is 10.0. The van der Waals surface area contributed by atoms with E-state index in [1.54, 1.807) is 11.3 Å². The zero-order valence-electron chi connectivity index (χ0n) is 20.1. The minimum atomic E-state index is -0.0288. The van der Waals surface area contributed by atoms with Crippen molar-refractivity contribution in [1.82, 2.24) is 30.1 Å². The van der Waals surface area contributed by atoms with Crippen molar-refractivity contribution in [1.29, 1.82) is 0 Å². The fourth-order valence-electron chi connectivity index (χ4n) is 5.36. The summed E-state index contributed by atoms with van der Waals surface area (Å²) in [6.45, 7) is 7.62. The lowest BCUT2D eigenvalue weighted by Crippen LogP contribution is -2.32. The number of benzene rings is 1. The van der Waals surface area contributed by atoms with Gasteiger partial charge in [0.15, 0.2) is 5.82 Å². The largest absolute Gasteiger partial charge is 0.322 e. The Kier molecular flexibility index (Phi) is 6.61. The maximum Gasteiger partial charge on any atom is 0.252 e. The summed E-state index contributed by atoms with van der Waals surface area (Å²) < 4.78 is 2.06. The van der Waals surface area contributed by atoms with Crippen molar-refractivity contribution in [3.05, 3.63) is 73.5 Å². The highest BCUT2D eigenvalue weighted by Gasteiger charge is 2.30. The number of nitrogens with one attached hydrogen (secondary N) is 1. The van der Waals surface area contributed by atoms with Gasteiger partial charge in [0, 0.05) is 34.4 Å². The van der Waals surface area contributed by atoms with Crippen LogP contribution in [0.25, 0.3) is 10.9 Å². The highest BCUT2D eigenvalue weighted by atomic mass is 32.1. The van der Waals surface area contributed by atoms with E-state index in [9.17, 15) is 4.79 Å². The van der Waals surface area contributed by atoms with Gasteiger partial charge >= 0.3 is 0 Å². The first kappa shape index (κ1) is 22.9. The monoisotopic (exact) mass is 476 g/mol. The fraction of sp³-hybridized carbons (Fsp3) is 0.462. The Balaban J connectivity index is 1.53. The Bertz CT molecular complexity index is 1320. The van der Waals surface area contributed by atoms with Gasteiger partial charge in [-0.15, -0.1) is 16.4 Å². The minimum Gasteiger partial charge on any atom is -0.322 e. The van der Waals surface area contributed by atoms with Gasteiger partial charge in [-0.3, -0.25) is 9.69 Å². The molecule has 1 saturated carbocycles. The van der Waals surface area contributed by atoms with Gasteiger partial charge in [0.05, 0.1) is 12.1 Å². The lowest BCUT2D eigenvalue weighted by Gasteiger charge is -2.30. The molecule has 5 rings (SSSR count). The topological polar surface area (TPSA) is 79.7 Å². The van der Waals surface area contributed by atoms with Gasteiger partial charge in [-0.1, -0.05) is 31.9 Å². The van der Waals surface area contributed by atoms with Crippen LogP contribution >= 0.6 is 11.3 Å². The summed E-state index contributed by atoms with van der Waals surface area (Å²) in [6.07, 6.45) is 5.57. The Labute approximate surface area is 203 Å². The Morgan fingerprint density at radius 1 is 1.21 bits per heavy atom. The number of hydrogen-bond donors (Lipinski definition) is 1. The number of hydrogen-bond acceptors (Lipinski definition) is 6. The normalized spacial score (nSPS) is 15.5. The molecule has 0 amide bonds. The summed E-state index contributed by atoms with van der Waals surface area (Å²) in [4.78, 5) is 19.9. The number of nitrogens with zero attached hydrogens (tertiary/aromatic N) is 5. The third kappa shape index (κ3) is 4.57. The second-order valence-corrected chi connectivity index (χ2v) is 10.5. The fourth-order valence-corrected chi connectivity index (χ4v) is 6.09. The third-order valence-electron chi connectivity index (χ3n) is 7.02. The first-order valence-corrected chi connectivity index (χ1v) is 13.1. The molecular weight excluding hydrogens is 444 g/mol. The summed E-state index contributed by atoms with van der Waals surface area (Å²) in [6, 6.07) is 10.9. The molecule has 34 heavy (non-hydrogen) atoms. The predicted octanol–water partition coefficient (Wildman–Crippen LogP) is 5.46. The molecule has 1 N–H and O–H groups in total. The second-order valence-electron chi connectivity index (χ2n) is 9.50. The number of rotatable bonds is 8. The van der Waals surface area contributed by atoms with Crippen LogP contribution in [-0.2, 0) is 13.1 Å². The van der Waals surface area contributed by atoms with Crippen molar-refractivity contribution in [2.45, 2.75) is 78.0 Å². The van der Waals surface area contributed by atoms with Gasteiger partial charge < -0.3 is 4.98 Å². The number of aryl methyl sites for hydroxylation is 2. The van der Waals surface area contributed by atoms with Crippen molar-refractivity contribution >= 4 is 22.2 Å². The molecule has 0 unspecified atom stereocenters. The second kappa shape index (κ2) is 9.80. The number of tetrazole rings is 1. The number of thiophene rings is 1. The molecule has 0 saturated heterocycles. The number of aromatic amines is 1. The SMILES string of the molecule is CC[C@H](c1nnnn1C1CCCC1)N(Cc1cccs1)Cc1cc2c(C)cc(C)cc2[nH]c1=O. The number of aromatic nitrogens is 5. The first-order valence-electron chi connectivity index (χ1n) is 12.2. The van der Waals surface area contributed by atoms with E-state index in [4.69, 9.17) is 0 Å². The van der Waals surface area contributed by atoms with Crippen LogP contribution in [0.1, 0.15) is 78.5 Å². The lowest BCUT2D eigenvalue weighted by molar-refractivity contribution is 0.159. The van der Waals surface area contributed by atoms with E-state index < -0.39 is 0 Å². The molecule has 1 fully saturated rings. The van der Waals surface area contributed by atoms with Gasteiger partial charge in [0.25, 0.3) is 5.56 Å². The molecule has 0 radical (unpaired) electrons. The molecule has 1 aromatic carbocycles. The Morgan fingerprint density at radius 2 is 2.03 bits per heavy atom. The van der Waals surface area contributed by atoms with Gasteiger partial charge in [0.2, 0.25) is 0 Å². The maximum atomic E-state index is 13.1. The molecular formula is C26H32N6OS. The summed E-state index contributed by atoms with van der Waals surface area (Å²) in [5.41, 5.74) is 3.97. The van der Waals surface area contributed by atoms with Crippen molar-refractivity contribution in [2.24, 2.45) is 0 Å². The Morgan fingerprint density at radius 3 is 2.76 bits per heavy atom. The van der Waals surface area contributed by atoms with Gasteiger partial charge in [-0.25, -0.2) is 4.68 Å². The molecule has 4 aromatic rings. The standard InChI is InChI=1S/C26H32N6OS/c1-4-24(25-28-29-30-32(25)20-8-5-6-9-20)31(16-21-10-7-11-34-21)15-19-14-22-18(3)12-17(2)13-23(22)27-26(19)33/h7,10-14,20,24H,4-6,8-9,15-16H2,1-3H3,(H,27,33)/t24-/m1/s1. The number of H-pyrrole nitrogens is 1. The van der Waals surface area contributed by atoms with E-state index in [-0.39, 0.29) is 11.6 Å². The van der Waals surface area contributed by atoms with E-state index in [1.165, 1.54) is 23.3 Å². The Hall–Kier alpha value is -2.84. The molecule has 1 aliphatic rings. The first-order chi connectivity index (χ1) is 16.5. The minimum absolute atomic E-state index is 0.0203. The smallest absolute Gasteiger partial charge is 0.252 e. The molecule has 0 aliphatic heterocycles. The average molecular weight is 477 g/mol. The van der Waals surface area contributed by atoms with Gasteiger partial charge in [-0.05, 0) is 78.2 Å². The highest BCUT2D eigenvalue weighted by molar-refractivity contribution is 7.09. The van der Waals surface area contributed by atoms with Crippen LogP contribution in [0.3, 0.4) is 0 Å². The highest BCUT2D eigenvalue weighted by Crippen LogP contribution is 2.34. The van der Waals surface area contributed by atoms with Crippen LogP contribution in [0, 0.1) is 13.8 Å². The summed E-state index contributed by atoms with van der Waals surface area (Å²) >= 11 is 1.74. The molecule has 0 bridgehead atoms. The van der Waals surface area contributed by atoms with E-state index in [1.807, 2.05) is 6.07 Å². The molecule has 0 spiro atoms. The van der Waals surface area contributed by atoms with Crippen LogP contribution in [0.15, 0.2) is 40.5 Å². The summed E-state index contributed by atoms with van der Waals surface area (Å²) in [5, 5.41) is 16.2. The van der Waals surface area contributed by atoms with Gasteiger partial charge in [0.1, 0.15) is 0 Å². The number of fused-ring (bicyclic) bond motifs is 1. The van der Waals surface area contributed by atoms with Crippen molar-refractivity contribution in [3.8, 4) is 0 Å². The van der Waals surface area contributed by atoms with Crippen LogP contribution in [-0.4, -0.2) is 30.1 Å². The molecule has 7 nitrogen and oxygen atoms in total. The maximum absolute atomic E-state index is 13.1. The molecule has 3 heterocycles. The summed E-state index contributed by atoms with van der Waals surface area (Å²) in [7, 11) is 0. The van der Waals surface area contributed by atoms with Crippen molar-refractivity contribution in [2.75, 3.05) is 0 Å². The average Bonchev–Trinajstić information content (AvgIpc) is 3.58. The quantitative estimate of drug-likeness (QED) is 0.365. The predicted molar refractivity (Wildman–Crippen MR) is 136 cm³/mol. The van der Waals surface area contributed by atoms with Crippen molar-refractivity contribution < 1.29 is 0 Å². The van der Waals surface area contributed by atoms with Crippen LogP contribution in [0.4, 0.5) is 0 Å². The van der Waals surface area contributed by atoms with E-state index in [0.717, 1.165) is 53.7 Å².